The Morgan fingerprint density at radius 2 is 2.12 bits per heavy atom. The highest BCUT2D eigenvalue weighted by atomic mass is 15.3. The monoisotopic (exact) mass is 230 g/mol. The van der Waals surface area contributed by atoms with Crippen LogP contribution in [-0.4, -0.2) is 21.3 Å². The van der Waals surface area contributed by atoms with Gasteiger partial charge in [-0.3, -0.25) is 4.98 Å². The Bertz CT molecular complexity index is 502. The third-order valence-corrected chi connectivity index (χ3v) is 2.63. The Morgan fingerprint density at radius 1 is 1.29 bits per heavy atom. The second kappa shape index (κ2) is 5.10. The minimum atomic E-state index is 0.817. The first kappa shape index (κ1) is 11.8. The lowest BCUT2D eigenvalue weighted by Gasteiger charge is -2.10. The first-order chi connectivity index (χ1) is 8.20. The zero-order chi connectivity index (χ0) is 12.3. The smallest absolute Gasteiger partial charge is 0.0724 e. The summed E-state index contributed by atoms with van der Waals surface area (Å²) in [6.07, 6.45) is 3.91. The standard InChI is InChI=1S/C13H18N4/c1-4-14-8-12-9-15-11(3)7-13(12)17-6-5-10(2)16-17/h5-7,9,14H,4,8H2,1-3H3. The van der Waals surface area contributed by atoms with Crippen LogP contribution in [0.1, 0.15) is 23.9 Å². The van der Waals surface area contributed by atoms with E-state index in [2.05, 4.69) is 28.4 Å². The number of pyridine rings is 1. The van der Waals surface area contributed by atoms with E-state index in [0.29, 0.717) is 0 Å². The molecule has 4 nitrogen and oxygen atoms in total. The minimum Gasteiger partial charge on any atom is -0.313 e. The van der Waals surface area contributed by atoms with Crippen LogP contribution >= 0.6 is 0 Å². The summed E-state index contributed by atoms with van der Waals surface area (Å²) in [5.74, 6) is 0. The van der Waals surface area contributed by atoms with Gasteiger partial charge in [0.15, 0.2) is 0 Å². The lowest BCUT2D eigenvalue weighted by atomic mass is 10.2. The molecular formula is C13H18N4. The molecule has 17 heavy (non-hydrogen) atoms. The highest BCUT2D eigenvalue weighted by Crippen LogP contribution is 2.14. The molecular weight excluding hydrogens is 212 g/mol. The van der Waals surface area contributed by atoms with E-state index in [4.69, 9.17) is 0 Å². The van der Waals surface area contributed by atoms with Gasteiger partial charge in [0, 0.05) is 30.2 Å². The first-order valence-electron chi connectivity index (χ1n) is 5.89. The van der Waals surface area contributed by atoms with Crippen molar-refractivity contribution >= 4 is 0 Å². The van der Waals surface area contributed by atoms with Crippen molar-refractivity contribution in [1.82, 2.24) is 20.1 Å². The van der Waals surface area contributed by atoms with Gasteiger partial charge in [0.05, 0.1) is 11.4 Å². The molecule has 2 aromatic heterocycles. The van der Waals surface area contributed by atoms with E-state index < -0.39 is 0 Å². The van der Waals surface area contributed by atoms with Crippen LogP contribution in [0.3, 0.4) is 0 Å². The average molecular weight is 230 g/mol. The third-order valence-electron chi connectivity index (χ3n) is 2.63. The number of nitrogens with one attached hydrogen (secondary N) is 1. The van der Waals surface area contributed by atoms with Crippen LogP contribution in [0, 0.1) is 13.8 Å². The third kappa shape index (κ3) is 2.71. The van der Waals surface area contributed by atoms with Crippen LogP contribution < -0.4 is 5.32 Å². The molecule has 0 bridgehead atoms. The van der Waals surface area contributed by atoms with Crippen molar-refractivity contribution in [3.63, 3.8) is 0 Å². The summed E-state index contributed by atoms with van der Waals surface area (Å²) in [6, 6.07) is 4.08. The molecule has 0 fully saturated rings. The topological polar surface area (TPSA) is 42.7 Å². The molecule has 0 radical (unpaired) electrons. The number of aromatic nitrogens is 3. The average Bonchev–Trinajstić information content (AvgIpc) is 2.74. The van der Waals surface area contributed by atoms with Crippen molar-refractivity contribution < 1.29 is 0 Å². The van der Waals surface area contributed by atoms with Gasteiger partial charge in [0.25, 0.3) is 0 Å². The van der Waals surface area contributed by atoms with Crippen molar-refractivity contribution in [3.8, 4) is 5.69 Å². The Kier molecular flexibility index (Phi) is 3.54. The van der Waals surface area contributed by atoms with Crippen LogP contribution in [0.25, 0.3) is 5.69 Å². The van der Waals surface area contributed by atoms with Gasteiger partial charge in [-0.15, -0.1) is 0 Å². The Hall–Kier alpha value is -1.68. The molecule has 0 aliphatic heterocycles. The quantitative estimate of drug-likeness (QED) is 0.873. The highest BCUT2D eigenvalue weighted by Gasteiger charge is 2.06. The number of rotatable bonds is 4. The molecule has 2 aromatic rings. The summed E-state index contributed by atoms with van der Waals surface area (Å²) in [5, 5.41) is 7.77. The molecule has 0 aliphatic rings. The molecule has 4 heteroatoms. The Labute approximate surface area is 102 Å². The van der Waals surface area contributed by atoms with E-state index in [9.17, 15) is 0 Å². The van der Waals surface area contributed by atoms with E-state index in [0.717, 1.165) is 30.2 Å². The lowest BCUT2D eigenvalue weighted by Crippen LogP contribution is -2.14. The minimum absolute atomic E-state index is 0.817. The van der Waals surface area contributed by atoms with Crippen molar-refractivity contribution in [2.24, 2.45) is 0 Å². The molecule has 90 valence electrons. The largest absolute Gasteiger partial charge is 0.313 e. The maximum Gasteiger partial charge on any atom is 0.0724 e. The van der Waals surface area contributed by atoms with E-state index in [1.54, 1.807) is 0 Å². The predicted molar refractivity (Wildman–Crippen MR) is 68.2 cm³/mol. The number of hydrogen-bond donors (Lipinski definition) is 1. The molecule has 0 saturated heterocycles. The molecule has 0 saturated carbocycles. The summed E-state index contributed by atoms with van der Waals surface area (Å²) in [5.41, 5.74) is 4.30. The summed E-state index contributed by atoms with van der Waals surface area (Å²) in [4.78, 5) is 4.34. The predicted octanol–water partition coefficient (Wildman–Crippen LogP) is 1.99. The fraction of sp³-hybridized carbons (Fsp3) is 0.385. The van der Waals surface area contributed by atoms with Gasteiger partial charge in [-0.2, -0.15) is 5.10 Å². The summed E-state index contributed by atoms with van der Waals surface area (Å²) < 4.78 is 1.91. The van der Waals surface area contributed by atoms with Gasteiger partial charge in [-0.1, -0.05) is 6.92 Å². The van der Waals surface area contributed by atoms with Crippen molar-refractivity contribution in [2.45, 2.75) is 27.3 Å². The molecule has 0 atom stereocenters. The zero-order valence-electron chi connectivity index (χ0n) is 10.6. The SMILES string of the molecule is CCNCc1cnc(C)cc1-n1ccc(C)n1. The van der Waals surface area contributed by atoms with Crippen molar-refractivity contribution in [3.05, 3.63) is 41.5 Å². The molecule has 0 aliphatic carbocycles. The van der Waals surface area contributed by atoms with Crippen LogP contribution in [-0.2, 0) is 6.54 Å². The Morgan fingerprint density at radius 3 is 2.76 bits per heavy atom. The molecule has 0 amide bonds. The summed E-state index contributed by atoms with van der Waals surface area (Å²) in [7, 11) is 0. The van der Waals surface area contributed by atoms with E-state index in [1.165, 1.54) is 5.56 Å². The van der Waals surface area contributed by atoms with Gasteiger partial charge in [-0.25, -0.2) is 4.68 Å². The molecule has 2 rings (SSSR count). The Balaban J connectivity index is 2.39. The van der Waals surface area contributed by atoms with Crippen molar-refractivity contribution in [2.75, 3.05) is 6.54 Å². The van der Waals surface area contributed by atoms with Crippen LogP contribution in [0.4, 0.5) is 0 Å². The van der Waals surface area contributed by atoms with E-state index >= 15 is 0 Å². The van der Waals surface area contributed by atoms with Crippen LogP contribution in [0.5, 0.6) is 0 Å². The van der Waals surface area contributed by atoms with E-state index in [1.807, 2.05) is 37.0 Å². The maximum absolute atomic E-state index is 4.45. The molecule has 1 N–H and O–H groups in total. The van der Waals surface area contributed by atoms with Gasteiger partial charge in [-0.05, 0) is 32.5 Å². The maximum atomic E-state index is 4.45. The van der Waals surface area contributed by atoms with Crippen LogP contribution in [0.2, 0.25) is 0 Å². The first-order valence-corrected chi connectivity index (χ1v) is 5.89. The lowest BCUT2D eigenvalue weighted by molar-refractivity contribution is 0.712. The second-order valence-corrected chi connectivity index (χ2v) is 4.14. The molecule has 0 spiro atoms. The van der Waals surface area contributed by atoms with Crippen molar-refractivity contribution in [1.29, 1.82) is 0 Å². The van der Waals surface area contributed by atoms with Gasteiger partial charge >= 0.3 is 0 Å². The van der Waals surface area contributed by atoms with Gasteiger partial charge in [0.2, 0.25) is 0 Å². The summed E-state index contributed by atoms with van der Waals surface area (Å²) >= 11 is 0. The zero-order valence-corrected chi connectivity index (χ0v) is 10.6. The highest BCUT2D eigenvalue weighted by molar-refractivity contribution is 5.40. The number of hydrogen-bond acceptors (Lipinski definition) is 3. The fourth-order valence-corrected chi connectivity index (χ4v) is 1.73. The van der Waals surface area contributed by atoms with Crippen LogP contribution in [0.15, 0.2) is 24.5 Å². The fourth-order valence-electron chi connectivity index (χ4n) is 1.73. The van der Waals surface area contributed by atoms with Gasteiger partial charge in [0.1, 0.15) is 0 Å². The van der Waals surface area contributed by atoms with E-state index in [-0.39, 0.29) is 0 Å². The number of nitrogens with zero attached hydrogens (tertiary/aromatic N) is 3. The molecule has 0 unspecified atom stereocenters. The molecule has 2 heterocycles. The normalized spacial score (nSPS) is 10.8. The second-order valence-electron chi connectivity index (χ2n) is 4.14. The molecule has 0 aromatic carbocycles. The van der Waals surface area contributed by atoms with Gasteiger partial charge < -0.3 is 5.32 Å². The number of aryl methyl sites for hydroxylation is 2. The summed E-state index contributed by atoms with van der Waals surface area (Å²) in [6.45, 7) is 7.86.